The summed E-state index contributed by atoms with van der Waals surface area (Å²) in [6.07, 6.45) is 9.65. The number of allylic oxidation sites excluding steroid dienone is 2. The third-order valence-electron chi connectivity index (χ3n) is 3.24. The van der Waals surface area contributed by atoms with Gasteiger partial charge in [-0.1, -0.05) is 31.4 Å². The summed E-state index contributed by atoms with van der Waals surface area (Å²) < 4.78 is 0. The van der Waals surface area contributed by atoms with Crippen molar-refractivity contribution in [2.45, 2.75) is 52.9 Å². The summed E-state index contributed by atoms with van der Waals surface area (Å²) in [5, 5.41) is 16.8. The van der Waals surface area contributed by atoms with E-state index in [4.69, 9.17) is 10.2 Å². The van der Waals surface area contributed by atoms with Gasteiger partial charge in [0.1, 0.15) is 0 Å². The molecule has 108 valence electrons. The molecular weight excluding hydrogens is 244 g/mol. The quantitative estimate of drug-likeness (QED) is 0.766. The van der Waals surface area contributed by atoms with Gasteiger partial charge in [0.05, 0.1) is 0 Å². The van der Waals surface area contributed by atoms with Crippen molar-refractivity contribution < 1.29 is 19.8 Å². The third kappa shape index (κ3) is 8.19. The second-order valence-corrected chi connectivity index (χ2v) is 4.83. The fourth-order valence-corrected chi connectivity index (χ4v) is 1.85. The largest absolute Gasteiger partial charge is 0.478 e. The number of carboxylic acid groups (broad SMARTS) is 2. The minimum Gasteiger partial charge on any atom is -0.478 e. The maximum absolute atomic E-state index is 10.5. The van der Waals surface area contributed by atoms with E-state index < -0.39 is 11.9 Å². The van der Waals surface area contributed by atoms with Gasteiger partial charge >= 0.3 is 11.9 Å². The zero-order chi connectivity index (χ0) is 14.8. The Labute approximate surface area is 114 Å². The Morgan fingerprint density at radius 1 is 0.947 bits per heavy atom. The molecule has 19 heavy (non-hydrogen) atoms. The Morgan fingerprint density at radius 3 is 1.74 bits per heavy atom. The van der Waals surface area contributed by atoms with Crippen LogP contribution >= 0.6 is 0 Å². The van der Waals surface area contributed by atoms with Crippen LogP contribution in [0.1, 0.15) is 52.9 Å². The first-order chi connectivity index (χ1) is 8.88. The highest BCUT2D eigenvalue weighted by Gasteiger charge is 2.12. The molecule has 0 unspecified atom stereocenters. The standard InChI is InChI=1S/C10H16O2.C5H8O2/c1-8(10(11)12)7-9-5-3-2-4-6-9;1-3-4(2)5(6)7/h7,9H,2-6H2,1H3,(H,11,12);3H,1-2H3,(H,6,7). The number of carbonyl (C=O) groups is 2. The lowest BCUT2D eigenvalue weighted by Gasteiger charge is -2.18. The Bertz CT molecular complexity index is 360. The van der Waals surface area contributed by atoms with Crippen molar-refractivity contribution in [1.29, 1.82) is 0 Å². The fourth-order valence-electron chi connectivity index (χ4n) is 1.85. The lowest BCUT2D eigenvalue weighted by Crippen LogP contribution is -2.06. The molecule has 0 spiro atoms. The van der Waals surface area contributed by atoms with Crippen LogP contribution in [0.4, 0.5) is 0 Å². The van der Waals surface area contributed by atoms with Crippen LogP contribution in [0.25, 0.3) is 0 Å². The molecule has 0 radical (unpaired) electrons. The molecule has 1 saturated carbocycles. The monoisotopic (exact) mass is 268 g/mol. The van der Waals surface area contributed by atoms with Crippen LogP contribution in [0.3, 0.4) is 0 Å². The van der Waals surface area contributed by atoms with Crippen LogP contribution in [0, 0.1) is 5.92 Å². The molecule has 4 heteroatoms. The van der Waals surface area contributed by atoms with Gasteiger partial charge in [-0.25, -0.2) is 9.59 Å². The van der Waals surface area contributed by atoms with Crippen LogP contribution in [0.2, 0.25) is 0 Å². The summed E-state index contributed by atoms with van der Waals surface area (Å²) in [6.45, 7) is 4.93. The van der Waals surface area contributed by atoms with Gasteiger partial charge in [0.2, 0.25) is 0 Å². The van der Waals surface area contributed by atoms with Crippen molar-refractivity contribution in [2.75, 3.05) is 0 Å². The van der Waals surface area contributed by atoms with Gasteiger partial charge in [-0.05, 0) is 39.5 Å². The first-order valence-corrected chi connectivity index (χ1v) is 6.66. The van der Waals surface area contributed by atoms with Crippen molar-refractivity contribution in [3.05, 3.63) is 23.3 Å². The number of hydrogen-bond donors (Lipinski definition) is 2. The van der Waals surface area contributed by atoms with E-state index in [1.165, 1.54) is 32.1 Å². The molecule has 4 nitrogen and oxygen atoms in total. The van der Waals surface area contributed by atoms with E-state index in [2.05, 4.69) is 0 Å². The Morgan fingerprint density at radius 2 is 1.42 bits per heavy atom. The van der Waals surface area contributed by atoms with Crippen molar-refractivity contribution in [3.8, 4) is 0 Å². The molecule has 0 saturated heterocycles. The molecule has 0 aromatic heterocycles. The van der Waals surface area contributed by atoms with Gasteiger partial charge in [-0.3, -0.25) is 0 Å². The van der Waals surface area contributed by atoms with Gasteiger partial charge in [0, 0.05) is 11.1 Å². The fraction of sp³-hybridized carbons (Fsp3) is 0.600. The summed E-state index contributed by atoms with van der Waals surface area (Å²) in [5.41, 5.74) is 0.891. The maximum Gasteiger partial charge on any atom is 0.330 e. The highest BCUT2D eigenvalue weighted by Crippen LogP contribution is 2.25. The van der Waals surface area contributed by atoms with E-state index in [1.807, 2.05) is 6.08 Å². The second-order valence-electron chi connectivity index (χ2n) is 4.83. The SMILES string of the molecule is CC(=CC1CCCCC1)C(=O)O.CC=C(C)C(=O)O. The number of rotatable bonds is 3. The summed E-state index contributed by atoms with van der Waals surface area (Å²) in [5.74, 6) is -1.10. The molecule has 0 aromatic carbocycles. The molecule has 1 fully saturated rings. The van der Waals surface area contributed by atoms with Crippen molar-refractivity contribution >= 4 is 11.9 Å². The van der Waals surface area contributed by atoms with Crippen molar-refractivity contribution in [3.63, 3.8) is 0 Å². The predicted molar refractivity (Wildman–Crippen MR) is 75.0 cm³/mol. The normalized spacial score (nSPS) is 17.4. The number of aliphatic carboxylic acids is 2. The zero-order valence-corrected chi connectivity index (χ0v) is 12.0. The zero-order valence-electron chi connectivity index (χ0n) is 12.0. The molecule has 1 aliphatic carbocycles. The molecule has 0 aliphatic heterocycles. The predicted octanol–water partition coefficient (Wildman–Crippen LogP) is 3.63. The third-order valence-corrected chi connectivity index (χ3v) is 3.24. The smallest absolute Gasteiger partial charge is 0.330 e. The van der Waals surface area contributed by atoms with Crippen molar-refractivity contribution in [2.24, 2.45) is 5.92 Å². The van der Waals surface area contributed by atoms with Crippen LogP contribution in [-0.4, -0.2) is 22.2 Å². The lowest BCUT2D eigenvalue weighted by molar-refractivity contribution is -0.133. The van der Waals surface area contributed by atoms with E-state index in [0.29, 0.717) is 17.1 Å². The molecule has 1 rings (SSSR count). The lowest BCUT2D eigenvalue weighted by atomic mass is 9.88. The average molecular weight is 268 g/mol. The van der Waals surface area contributed by atoms with Gasteiger partial charge in [-0.2, -0.15) is 0 Å². The molecule has 0 aromatic rings. The summed E-state index contributed by atoms with van der Waals surface area (Å²) in [6, 6.07) is 0. The van der Waals surface area contributed by atoms with E-state index in [1.54, 1.807) is 26.8 Å². The summed E-state index contributed by atoms with van der Waals surface area (Å²) in [4.78, 5) is 20.4. The first-order valence-electron chi connectivity index (χ1n) is 6.66. The van der Waals surface area contributed by atoms with Gasteiger partial charge in [0.25, 0.3) is 0 Å². The van der Waals surface area contributed by atoms with Crippen LogP contribution in [0.5, 0.6) is 0 Å². The van der Waals surface area contributed by atoms with E-state index in [-0.39, 0.29) is 0 Å². The molecule has 1 aliphatic rings. The maximum atomic E-state index is 10.5. The van der Waals surface area contributed by atoms with E-state index in [0.717, 1.165) is 0 Å². The minimum atomic E-state index is -0.845. The Kier molecular flexibility index (Phi) is 8.58. The molecule has 0 atom stereocenters. The molecule has 2 N–H and O–H groups in total. The van der Waals surface area contributed by atoms with Crippen molar-refractivity contribution in [1.82, 2.24) is 0 Å². The molecular formula is C15H24O4. The Hall–Kier alpha value is -1.58. The van der Waals surface area contributed by atoms with Crippen LogP contribution in [-0.2, 0) is 9.59 Å². The van der Waals surface area contributed by atoms with Crippen LogP contribution in [0.15, 0.2) is 23.3 Å². The minimum absolute atomic E-state index is 0.389. The summed E-state index contributed by atoms with van der Waals surface area (Å²) >= 11 is 0. The van der Waals surface area contributed by atoms with E-state index >= 15 is 0 Å². The van der Waals surface area contributed by atoms with Crippen LogP contribution < -0.4 is 0 Å². The number of carboxylic acids is 2. The molecule has 0 bridgehead atoms. The Balaban J connectivity index is 0.000000399. The second kappa shape index (κ2) is 9.36. The highest BCUT2D eigenvalue weighted by atomic mass is 16.4. The topological polar surface area (TPSA) is 74.6 Å². The summed E-state index contributed by atoms with van der Waals surface area (Å²) in [7, 11) is 0. The molecule has 0 heterocycles. The van der Waals surface area contributed by atoms with Gasteiger partial charge in [0.15, 0.2) is 0 Å². The number of hydrogen-bond acceptors (Lipinski definition) is 2. The van der Waals surface area contributed by atoms with Gasteiger partial charge < -0.3 is 10.2 Å². The average Bonchev–Trinajstić information content (AvgIpc) is 2.39. The van der Waals surface area contributed by atoms with Gasteiger partial charge in [-0.15, -0.1) is 0 Å². The highest BCUT2D eigenvalue weighted by molar-refractivity contribution is 5.86. The first kappa shape index (κ1) is 17.4. The van der Waals surface area contributed by atoms with E-state index in [9.17, 15) is 9.59 Å². The molecule has 0 amide bonds.